The molecule has 1 N–H and O–H groups in total. The molecule has 0 atom stereocenters. The summed E-state index contributed by atoms with van der Waals surface area (Å²) in [7, 11) is 1.49. The van der Waals surface area contributed by atoms with Crippen LogP contribution in [0.3, 0.4) is 0 Å². The van der Waals surface area contributed by atoms with Gasteiger partial charge in [-0.1, -0.05) is 19.3 Å². The van der Waals surface area contributed by atoms with Crippen molar-refractivity contribution < 1.29 is 14.7 Å². The monoisotopic (exact) mass is 184 g/mol. The molecule has 0 unspecified atom stereocenters. The van der Waals surface area contributed by atoms with Crippen molar-refractivity contribution in [3.63, 3.8) is 0 Å². The third-order valence-electron chi connectivity index (χ3n) is 2.86. The van der Waals surface area contributed by atoms with Crippen LogP contribution in [0.15, 0.2) is 0 Å². The van der Waals surface area contributed by atoms with Crippen molar-refractivity contribution in [2.45, 2.75) is 37.6 Å². The zero-order chi connectivity index (χ0) is 9.90. The van der Waals surface area contributed by atoms with Crippen LogP contribution in [0.1, 0.15) is 32.1 Å². The number of carbonyl (C=O) groups excluding carboxylic acids is 1. The first-order valence-electron chi connectivity index (χ1n) is 4.48. The Balaban J connectivity index is 2.84. The van der Waals surface area contributed by atoms with Gasteiger partial charge >= 0.3 is 12.4 Å². The summed E-state index contributed by atoms with van der Waals surface area (Å²) < 4.78 is 0. The Labute approximate surface area is 77.5 Å². The highest BCUT2D eigenvalue weighted by atomic mass is 16.4. The normalized spacial score (nSPS) is 20.7. The second-order valence-corrected chi connectivity index (χ2v) is 3.55. The maximum absolute atomic E-state index is 11.1. The molecular weight excluding hydrogens is 170 g/mol. The zero-order valence-electron chi connectivity index (χ0n) is 7.75. The van der Waals surface area contributed by atoms with E-state index in [-0.39, 0.29) is 0 Å². The maximum Gasteiger partial charge on any atom is 0.329 e. The van der Waals surface area contributed by atoms with E-state index in [9.17, 15) is 9.59 Å². The summed E-state index contributed by atoms with van der Waals surface area (Å²) in [5.41, 5.74) is -0.986. The zero-order valence-corrected chi connectivity index (χ0v) is 7.75. The standard InChI is InChI=1S/C9H14NO3/c1-10(7-11)9(8(12)13)5-3-2-4-6-9/h2-6H2,1H3,(H,12,13). The maximum atomic E-state index is 11.1. The van der Waals surface area contributed by atoms with Gasteiger partial charge in [0.2, 0.25) is 0 Å². The molecule has 4 nitrogen and oxygen atoms in total. The van der Waals surface area contributed by atoms with Crippen molar-refractivity contribution in [2.24, 2.45) is 0 Å². The Bertz CT molecular complexity index is 209. The number of rotatable bonds is 3. The molecule has 1 aliphatic carbocycles. The summed E-state index contributed by atoms with van der Waals surface area (Å²) in [6.07, 6.45) is 5.56. The minimum Gasteiger partial charge on any atom is -0.479 e. The number of hydrogen-bond donors (Lipinski definition) is 1. The second-order valence-electron chi connectivity index (χ2n) is 3.55. The molecule has 1 radical (unpaired) electrons. The number of carbonyl (C=O) groups is 1. The molecule has 0 bridgehead atoms. The Kier molecular flexibility index (Phi) is 2.90. The van der Waals surface area contributed by atoms with Crippen LogP contribution in [0.25, 0.3) is 0 Å². The summed E-state index contributed by atoms with van der Waals surface area (Å²) in [5, 5.41) is 9.07. The Morgan fingerprint density at radius 3 is 2.31 bits per heavy atom. The highest BCUT2D eigenvalue weighted by molar-refractivity contribution is 5.81. The van der Waals surface area contributed by atoms with Gasteiger partial charge in [0.25, 0.3) is 0 Å². The molecule has 0 aromatic rings. The number of nitrogens with zero attached hydrogens (tertiary/aromatic N) is 1. The minimum absolute atomic E-state index is 0.550. The molecule has 73 valence electrons. The number of carboxylic acid groups (broad SMARTS) is 1. The molecule has 13 heavy (non-hydrogen) atoms. The topological polar surface area (TPSA) is 57.6 Å². The molecule has 1 rings (SSSR count). The first-order chi connectivity index (χ1) is 6.13. The molecule has 0 aromatic heterocycles. The van der Waals surface area contributed by atoms with Crippen LogP contribution in [0.2, 0.25) is 0 Å². The summed E-state index contributed by atoms with van der Waals surface area (Å²) >= 11 is 0. The highest BCUT2D eigenvalue weighted by Crippen LogP contribution is 2.32. The molecule has 4 heteroatoms. The van der Waals surface area contributed by atoms with Crippen molar-refractivity contribution in [3.8, 4) is 0 Å². The lowest BCUT2D eigenvalue weighted by molar-refractivity contribution is -0.150. The van der Waals surface area contributed by atoms with Gasteiger partial charge < -0.3 is 10.0 Å². The highest BCUT2D eigenvalue weighted by Gasteiger charge is 2.43. The second kappa shape index (κ2) is 3.77. The average molecular weight is 184 g/mol. The predicted molar refractivity (Wildman–Crippen MR) is 46.9 cm³/mol. The van der Waals surface area contributed by atoms with Crippen LogP contribution in [-0.4, -0.2) is 35.0 Å². The largest absolute Gasteiger partial charge is 0.479 e. The fraction of sp³-hybridized carbons (Fsp3) is 0.778. The molecule has 0 spiro atoms. The summed E-state index contributed by atoms with van der Waals surface area (Å²) in [5.74, 6) is -0.905. The van der Waals surface area contributed by atoms with Crippen molar-refractivity contribution in [1.29, 1.82) is 0 Å². The van der Waals surface area contributed by atoms with Crippen LogP contribution >= 0.6 is 0 Å². The minimum atomic E-state index is -0.986. The Morgan fingerprint density at radius 1 is 1.38 bits per heavy atom. The van der Waals surface area contributed by atoms with Gasteiger partial charge in [0.05, 0.1) is 0 Å². The van der Waals surface area contributed by atoms with Gasteiger partial charge in [-0.15, -0.1) is 0 Å². The van der Waals surface area contributed by atoms with E-state index < -0.39 is 11.5 Å². The van der Waals surface area contributed by atoms with Crippen LogP contribution < -0.4 is 0 Å². The number of aliphatic carboxylic acids is 1. The van der Waals surface area contributed by atoms with Gasteiger partial charge in [-0.05, 0) is 12.8 Å². The van der Waals surface area contributed by atoms with Gasteiger partial charge in [0.15, 0.2) is 0 Å². The van der Waals surface area contributed by atoms with E-state index in [4.69, 9.17) is 5.11 Å². The molecule has 1 fully saturated rings. The van der Waals surface area contributed by atoms with E-state index >= 15 is 0 Å². The third-order valence-corrected chi connectivity index (χ3v) is 2.86. The predicted octanol–water partition coefficient (Wildman–Crippen LogP) is 0.773. The lowest BCUT2D eigenvalue weighted by atomic mass is 9.81. The van der Waals surface area contributed by atoms with E-state index in [1.54, 1.807) is 6.41 Å². The fourth-order valence-electron chi connectivity index (χ4n) is 1.92. The van der Waals surface area contributed by atoms with Gasteiger partial charge in [0, 0.05) is 7.05 Å². The lowest BCUT2D eigenvalue weighted by Crippen LogP contribution is -2.53. The number of hydrogen-bond acceptors (Lipinski definition) is 2. The van der Waals surface area contributed by atoms with E-state index in [1.165, 1.54) is 11.9 Å². The summed E-state index contributed by atoms with van der Waals surface area (Å²) in [6, 6.07) is 0. The third kappa shape index (κ3) is 1.66. The van der Waals surface area contributed by atoms with Gasteiger partial charge in [-0.3, -0.25) is 4.79 Å². The van der Waals surface area contributed by atoms with Gasteiger partial charge in [-0.25, -0.2) is 4.79 Å². The number of likely N-dealkylation sites (N-methyl/N-ethyl adjacent to an activating group) is 1. The van der Waals surface area contributed by atoms with Crippen LogP contribution in [0, 0.1) is 0 Å². The molecule has 1 saturated carbocycles. The number of amides is 1. The summed E-state index contributed by atoms with van der Waals surface area (Å²) in [4.78, 5) is 22.7. The van der Waals surface area contributed by atoms with E-state index in [2.05, 4.69) is 0 Å². The first-order valence-corrected chi connectivity index (χ1v) is 4.48. The van der Waals surface area contributed by atoms with Gasteiger partial charge in [0.1, 0.15) is 5.54 Å². The van der Waals surface area contributed by atoms with Crippen molar-refractivity contribution in [3.05, 3.63) is 0 Å². The molecule has 0 aliphatic heterocycles. The fourth-order valence-corrected chi connectivity index (χ4v) is 1.92. The lowest BCUT2D eigenvalue weighted by Gasteiger charge is -2.38. The molecule has 0 aromatic carbocycles. The van der Waals surface area contributed by atoms with Crippen molar-refractivity contribution in [2.75, 3.05) is 7.05 Å². The molecule has 0 saturated heterocycles. The van der Waals surface area contributed by atoms with E-state index in [1.807, 2.05) is 0 Å². The summed E-state index contributed by atoms with van der Waals surface area (Å²) in [6.45, 7) is 0. The molecule has 1 amide bonds. The van der Waals surface area contributed by atoms with Crippen LogP contribution in [0.4, 0.5) is 0 Å². The van der Waals surface area contributed by atoms with E-state index in [0.29, 0.717) is 12.8 Å². The molecular formula is C9H14NO3. The molecule has 1 aliphatic rings. The van der Waals surface area contributed by atoms with Crippen molar-refractivity contribution in [1.82, 2.24) is 4.90 Å². The Hall–Kier alpha value is -1.06. The quantitative estimate of drug-likeness (QED) is 0.659. The van der Waals surface area contributed by atoms with Crippen LogP contribution in [-0.2, 0) is 9.59 Å². The van der Waals surface area contributed by atoms with Crippen molar-refractivity contribution >= 4 is 12.4 Å². The SMILES string of the molecule is CN([C]=O)C1(C(=O)O)CCCCC1. The number of carboxylic acids is 1. The molecule has 0 heterocycles. The Morgan fingerprint density at radius 2 is 1.92 bits per heavy atom. The van der Waals surface area contributed by atoms with Gasteiger partial charge in [-0.2, -0.15) is 0 Å². The first kappa shape index (κ1) is 10.0. The van der Waals surface area contributed by atoms with Crippen LogP contribution in [0.5, 0.6) is 0 Å². The average Bonchev–Trinajstić information content (AvgIpc) is 2.17. The van der Waals surface area contributed by atoms with E-state index in [0.717, 1.165) is 19.3 Å². The smallest absolute Gasteiger partial charge is 0.329 e.